The van der Waals surface area contributed by atoms with E-state index in [9.17, 15) is 10.1 Å². The van der Waals surface area contributed by atoms with Crippen molar-refractivity contribution in [1.82, 2.24) is 5.32 Å². The number of thiophene rings is 1. The summed E-state index contributed by atoms with van der Waals surface area (Å²) in [5.74, 6) is 0.868. The first kappa shape index (κ1) is 18.0. The van der Waals surface area contributed by atoms with E-state index in [0.29, 0.717) is 22.1 Å². The predicted molar refractivity (Wildman–Crippen MR) is 102 cm³/mol. The molecule has 1 amide bonds. The lowest BCUT2D eigenvalue weighted by Gasteiger charge is -2.11. The molecule has 26 heavy (non-hydrogen) atoms. The summed E-state index contributed by atoms with van der Waals surface area (Å²) in [5.41, 5.74) is 2.36. The second kappa shape index (κ2) is 8.04. The van der Waals surface area contributed by atoms with Gasteiger partial charge in [0, 0.05) is 23.1 Å². The van der Waals surface area contributed by atoms with Crippen LogP contribution in [0.25, 0.3) is 6.08 Å². The minimum atomic E-state index is -0.294. The lowest BCUT2D eigenvalue weighted by atomic mass is 10.1. The Balaban J connectivity index is 1.79. The molecule has 0 fully saturated rings. The summed E-state index contributed by atoms with van der Waals surface area (Å²) in [6, 6.07) is 7.68. The highest BCUT2D eigenvalue weighted by Crippen LogP contribution is 2.35. The highest BCUT2D eigenvalue weighted by Gasteiger charge is 2.21. The van der Waals surface area contributed by atoms with E-state index in [1.165, 1.54) is 17.4 Å². The molecule has 2 N–H and O–H groups in total. The van der Waals surface area contributed by atoms with Gasteiger partial charge in [0.2, 0.25) is 5.91 Å². The zero-order valence-electron chi connectivity index (χ0n) is 14.6. The lowest BCUT2D eigenvalue weighted by molar-refractivity contribution is -0.111. The van der Waals surface area contributed by atoms with Gasteiger partial charge in [-0.3, -0.25) is 4.79 Å². The summed E-state index contributed by atoms with van der Waals surface area (Å²) >= 11 is 1.45. The number of ether oxygens (including phenoxy) is 2. The van der Waals surface area contributed by atoms with E-state index in [0.717, 1.165) is 35.5 Å². The van der Waals surface area contributed by atoms with Crippen molar-refractivity contribution in [3.63, 3.8) is 0 Å². The van der Waals surface area contributed by atoms with Crippen LogP contribution < -0.4 is 20.1 Å². The Labute approximate surface area is 156 Å². The zero-order chi connectivity index (χ0) is 18.5. The molecule has 0 bridgehead atoms. The average Bonchev–Trinajstić information content (AvgIpc) is 3.02. The van der Waals surface area contributed by atoms with Crippen LogP contribution in [0.3, 0.4) is 0 Å². The molecule has 7 heteroatoms. The van der Waals surface area contributed by atoms with Gasteiger partial charge < -0.3 is 20.1 Å². The molecule has 0 saturated carbocycles. The average molecular weight is 369 g/mol. The Morgan fingerprint density at radius 2 is 2.23 bits per heavy atom. The second-order valence-corrected chi connectivity index (χ2v) is 6.76. The second-order valence-electron chi connectivity index (χ2n) is 5.65. The Kier molecular flexibility index (Phi) is 5.56. The normalized spacial score (nSPS) is 13.1. The molecule has 2 aromatic rings. The van der Waals surface area contributed by atoms with Crippen molar-refractivity contribution >= 4 is 28.3 Å². The Hall–Kier alpha value is -2.82. The van der Waals surface area contributed by atoms with Crippen LogP contribution in [0.15, 0.2) is 24.3 Å². The van der Waals surface area contributed by atoms with Crippen LogP contribution in [0.2, 0.25) is 0 Å². The molecule has 3 rings (SSSR count). The minimum Gasteiger partial charge on any atom is -0.493 e. The fourth-order valence-electron chi connectivity index (χ4n) is 2.90. The van der Waals surface area contributed by atoms with Gasteiger partial charge in [-0.15, -0.1) is 11.3 Å². The predicted octanol–water partition coefficient (Wildman–Crippen LogP) is 2.93. The number of para-hydroxylation sites is 1. The number of hydrogen-bond acceptors (Lipinski definition) is 6. The van der Waals surface area contributed by atoms with E-state index in [1.54, 1.807) is 26.4 Å². The van der Waals surface area contributed by atoms with E-state index in [2.05, 4.69) is 16.7 Å². The summed E-state index contributed by atoms with van der Waals surface area (Å²) in [4.78, 5) is 13.4. The number of amides is 1. The monoisotopic (exact) mass is 369 g/mol. The molecule has 1 aliphatic rings. The van der Waals surface area contributed by atoms with Crippen LogP contribution in [0, 0.1) is 11.3 Å². The van der Waals surface area contributed by atoms with Crippen LogP contribution in [0.1, 0.15) is 21.6 Å². The fourth-order valence-corrected chi connectivity index (χ4v) is 4.07. The number of benzene rings is 1. The largest absolute Gasteiger partial charge is 0.493 e. The first-order chi connectivity index (χ1) is 12.7. The van der Waals surface area contributed by atoms with Gasteiger partial charge >= 0.3 is 0 Å². The molecule has 0 atom stereocenters. The fraction of sp³-hybridized carbons (Fsp3) is 0.263. The number of hydrogen-bond donors (Lipinski definition) is 2. The van der Waals surface area contributed by atoms with Crippen LogP contribution in [-0.2, 0) is 17.8 Å². The van der Waals surface area contributed by atoms with Crippen molar-refractivity contribution in [2.45, 2.75) is 13.0 Å². The minimum absolute atomic E-state index is 0.294. The standard InChI is InChI=1S/C19H19N3O3S/c1-24-15-5-3-4-12(18(15)25-2)6-7-17(23)22-19-14(10-20)13-8-9-21-11-16(13)26-19/h3-7,21H,8-9,11H2,1-2H3,(H,22,23). The van der Waals surface area contributed by atoms with Crippen LogP contribution in [0.5, 0.6) is 11.5 Å². The van der Waals surface area contributed by atoms with E-state index in [1.807, 2.05) is 12.1 Å². The first-order valence-electron chi connectivity index (χ1n) is 8.13. The molecule has 1 aromatic heterocycles. The molecule has 2 heterocycles. The number of nitrogens with one attached hydrogen (secondary N) is 2. The SMILES string of the molecule is COc1cccc(C=CC(=O)Nc2sc3c(c2C#N)CCNC3)c1OC. The third kappa shape index (κ3) is 3.57. The number of anilines is 1. The zero-order valence-corrected chi connectivity index (χ0v) is 15.4. The summed E-state index contributed by atoms with van der Waals surface area (Å²) < 4.78 is 10.6. The number of rotatable bonds is 5. The molecule has 134 valence electrons. The van der Waals surface area contributed by atoms with Gasteiger partial charge in [-0.2, -0.15) is 5.26 Å². The van der Waals surface area contributed by atoms with Gasteiger partial charge in [0.05, 0.1) is 19.8 Å². The van der Waals surface area contributed by atoms with Crippen molar-refractivity contribution in [3.05, 3.63) is 45.8 Å². The summed E-state index contributed by atoms with van der Waals surface area (Å²) in [5, 5.41) is 16.2. The number of nitrogens with zero attached hydrogens (tertiary/aromatic N) is 1. The maximum atomic E-state index is 12.3. The van der Waals surface area contributed by atoms with Crippen molar-refractivity contribution in [2.75, 3.05) is 26.1 Å². The van der Waals surface area contributed by atoms with E-state index in [4.69, 9.17) is 9.47 Å². The summed E-state index contributed by atoms with van der Waals surface area (Å²) in [7, 11) is 3.12. The first-order valence-corrected chi connectivity index (χ1v) is 8.95. The Bertz CT molecular complexity index is 896. The van der Waals surface area contributed by atoms with Gasteiger partial charge in [0.1, 0.15) is 11.1 Å². The summed E-state index contributed by atoms with van der Waals surface area (Å²) in [6.07, 6.45) is 3.90. The molecule has 1 aromatic carbocycles. The molecule has 6 nitrogen and oxygen atoms in total. The molecule has 0 unspecified atom stereocenters. The van der Waals surface area contributed by atoms with Crippen LogP contribution in [0.4, 0.5) is 5.00 Å². The van der Waals surface area contributed by atoms with E-state index >= 15 is 0 Å². The van der Waals surface area contributed by atoms with Gasteiger partial charge in [-0.1, -0.05) is 12.1 Å². The quantitative estimate of drug-likeness (QED) is 0.792. The lowest BCUT2D eigenvalue weighted by Crippen LogP contribution is -2.22. The highest BCUT2D eigenvalue weighted by atomic mass is 32.1. The van der Waals surface area contributed by atoms with Crippen LogP contribution >= 0.6 is 11.3 Å². The molecular formula is C19H19N3O3S. The van der Waals surface area contributed by atoms with E-state index < -0.39 is 0 Å². The third-order valence-corrected chi connectivity index (χ3v) is 5.27. The number of methoxy groups -OCH3 is 2. The molecule has 0 spiro atoms. The van der Waals surface area contributed by atoms with Crippen LogP contribution in [-0.4, -0.2) is 26.7 Å². The third-order valence-electron chi connectivity index (χ3n) is 4.12. The van der Waals surface area contributed by atoms with Gasteiger partial charge in [0.15, 0.2) is 11.5 Å². The number of nitriles is 1. The smallest absolute Gasteiger partial charge is 0.249 e. The Morgan fingerprint density at radius 1 is 1.38 bits per heavy atom. The Morgan fingerprint density at radius 3 is 2.96 bits per heavy atom. The van der Waals surface area contributed by atoms with Gasteiger partial charge in [-0.05, 0) is 30.7 Å². The maximum Gasteiger partial charge on any atom is 0.249 e. The number of fused-ring (bicyclic) bond motifs is 1. The molecule has 0 saturated heterocycles. The van der Waals surface area contributed by atoms with Gasteiger partial charge in [-0.25, -0.2) is 0 Å². The van der Waals surface area contributed by atoms with E-state index in [-0.39, 0.29) is 5.91 Å². The van der Waals surface area contributed by atoms with Crippen molar-refractivity contribution in [3.8, 4) is 17.6 Å². The van der Waals surface area contributed by atoms with Crippen molar-refractivity contribution in [1.29, 1.82) is 5.26 Å². The molecule has 1 aliphatic heterocycles. The van der Waals surface area contributed by atoms with Crippen molar-refractivity contribution < 1.29 is 14.3 Å². The summed E-state index contributed by atoms with van der Waals surface area (Å²) in [6.45, 7) is 1.59. The highest BCUT2D eigenvalue weighted by molar-refractivity contribution is 7.16. The molecule has 0 radical (unpaired) electrons. The van der Waals surface area contributed by atoms with Crippen molar-refractivity contribution in [2.24, 2.45) is 0 Å². The number of carbonyl (C=O) groups is 1. The molecular weight excluding hydrogens is 350 g/mol. The van der Waals surface area contributed by atoms with Gasteiger partial charge in [0.25, 0.3) is 0 Å². The number of carbonyl (C=O) groups excluding carboxylic acids is 1. The topological polar surface area (TPSA) is 83.4 Å². The molecule has 0 aliphatic carbocycles. The maximum absolute atomic E-state index is 12.3.